The van der Waals surface area contributed by atoms with Crippen LogP contribution in [0.1, 0.15) is 0 Å². The van der Waals surface area contributed by atoms with Gasteiger partial charge in [-0.2, -0.15) is 0 Å². The maximum atomic E-state index is 6.84. The second-order valence-electron chi connectivity index (χ2n) is 16.4. The largest absolute Gasteiger partial charge is 0.456 e. The van der Waals surface area contributed by atoms with E-state index in [9.17, 15) is 0 Å². The van der Waals surface area contributed by atoms with Crippen LogP contribution in [0.25, 0.3) is 65.7 Å². The van der Waals surface area contributed by atoms with E-state index in [2.05, 4.69) is 248 Å². The fourth-order valence-corrected chi connectivity index (χ4v) is 9.82. The van der Waals surface area contributed by atoms with Gasteiger partial charge < -0.3 is 9.64 Å². The van der Waals surface area contributed by atoms with Crippen molar-refractivity contribution >= 4 is 72.5 Å². The van der Waals surface area contributed by atoms with Gasteiger partial charge in [-0.25, -0.2) is 0 Å². The van der Waals surface area contributed by atoms with Gasteiger partial charge in [0.05, 0.1) is 0 Å². The Labute approximate surface area is 368 Å². The Morgan fingerprint density at radius 3 is 1.43 bits per heavy atom. The molecule has 0 N–H and O–H groups in total. The summed E-state index contributed by atoms with van der Waals surface area (Å²) >= 11 is 0. The van der Waals surface area contributed by atoms with E-state index in [0.717, 1.165) is 50.6 Å². The minimum absolute atomic E-state index is 0.149. The molecule has 0 atom stereocenters. The first-order valence-electron chi connectivity index (χ1n) is 21.7. The molecule has 0 saturated carbocycles. The Hall–Kier alpha value is -8.14. The minimum Gasteiger partial charge on any atom is -0.456 e. The second kappa shape index (κ2) is 15.4. The van der Waals surface area contributed by atoms with Crippen molar-refractivity contribution in [2.75, 3.05) is 4.90 Å². The highest BCUT2D eigenvalue weighted by atomic mass is 16.5. The van der Waals surface area contributed by atoms with Crippen LogP contribution in [0.3, 0.4) is 0 Å². The molecule has 0 radical (unpaired) electrons. The average molecular weight is 802 g/mol. The molecular formula is C60H40BNO. The van der Waals surface area contributed by atoms with Gasteiger partial charge in [0.15, 0.2) is 0 Å². The van der Waals surface area contributed by atoms with E-state index >= 15 is 0 Å². The molecule has 0 aromatic heterocycles. The SMILES string of the molecule is c1ccc(B(c2ccccc2)c2ccc(-c3cc4c5cccc6c5c(cc4c4ccccc34)-c3ccc(-c4ccc(N(c5ccccc5)c5ccccc5)cc4)cc3O6)cc2)cc1. The summed E-state index contributed by atoms with van der Waals surface area (Å²) in [6.45, 7) is 0.149. The molecule has 0 fully saturated rings. The van der Waals surface area contributed by atoms with Crippen molar-refractivity contribution in [1.29, 1.82) is 0 Å². The van der Waals surface area contributed by atoms with Crippen LogP contribution in [0, 0.1) is 0 Å². The number of para-hydroxylation sites is 2. The third-order valence-electron chi connectivity index (χ3n) is 12.8. The summed E-state index contributed by atoms with van der Waals surface area (Å²) in [5, 5.41) is 7.31. The first kappa shape index (κ1) is 36.7. The maximum absolute atomic E-state index is 6.84. The van der Waals surface area contributed by atoms with E-state index in [0.29, 0.717) is 0 Å². The van der Waals surface area contributed by atoms with Crippen molar-refractivity contribution in [3.8, 4) is 44.9 Å². The molecule has 63 heavy (non-hydrogen) atoms. The molecule has 0 amide bonds. The van der Waals surface area contributed by atoms with Crippen LogP contribution in [0.4, 0.5) is 17.1 Å². The summed E-state index contributed by atoms with van der Waals surface area (Å²) in [6.07, 6.45) is 0. The van der Waals surface area contributed by atoms with Gasteiger partial charge >= 0.3 is 0 Å². The summed E-state index contributed by atoms with van der Waals surface area (Å²) in [6, 6.07) is 87.6. The average Bonchev–Trinajstić information content (AvgIpc) is 3.36. The zero-order valence-electron chi connectivity index (χ0n) is 34.5. The van der Waals surface area contributed by atoms with Crippen LogP contribution in [-0.4, -0.2) is 6.71 Å². The van der Waals surface area contributed by atoms with E-state index < -0.39 is 0 Å². The zero-order chi connectivity index (χ0) is 41.7. The minimum atomic E-state index is 0.149. The van der Waals surface area contributed by atoms with Crippen molar-refractivity contribution in [3.63, 3.8) is 0 Å². The van der Waals surface area contributed by atoms with Crippen LogP contribution in [-0.2, 0) is 0 Å². The summed E-state index contributed by atoms with van der Waals surface area (Å²) in [5.41, 5.74) is 14.2. The molecule has 294 valence electrons. The van der Waals surface area contributed by atoms with Crippen LogP contribution in [0.15, 0.2) is 243 Å². The second-order valence-corrected chi connectivity index (χ2v) is 16.4. The third-order valence-corrected chi connectivity index (χ3v) is 12.8. The lowest BCUT2D eigenvalue weighted by atomic mass is 9.37. The summed E-state index contributed by atoms with van der Waals surface area (Å²) in [5.74, 6) is 1.76. The van der Waals surface area contributed by atoms with Gasteiger partial charge in [-0.1, -0.05) is 192 Å². The van der Waals surface area contributed by atoms with Gasteiger partial charge in [-0.15, -0.1) is 0 Å². The number of fused-ring (bicyclic) bond motifs is 6. The molecule has 11 aromatic carbocycles. The molecule has 0 aliphatic carbocycles. The quantitative estimate of drug-likeness (QED) is 0.112. The van der Waals surface area contributed by atoms with Crippen molar-refractivity contribution < 1.29 is 4.74 Å². The van der Waals surface area contributed by atoms with Gasteiger partial charge in [0.1, 0.15) is 11.5 Å². The molecule has 0 spiro atoms. The summed E-state index contributed by atoms with van der Waals surface area (Å²) < 4.78 is 6.84. The molecule has 0 unspecified atom stereocenters. The van der Waals surface area contributed by atoms with Gasteiger partial charge in [-0.05, 0) is 121 Å². The fraction of sp³-hybridized carbons (Fsp3) is 0. The highest BCUT2D eigenvalue weighted by Gasteiger charge is 2.25. The predicted octanol–water partition coefficient (Wildman–Crippen LogP) is 14.2. The van der Waals surface area contributed by atoms with Crippen molar-refractivity contribution in [2.24, 2.45) is 0 Å². The van der Waals surface area contributed by atoms with Gasteiger partial charge in [0.2, 0.25) is 6.71 Å². The first-order valence-corrected chi connectivity index (χ1v) is 21.7. The van der Waals surface area contributed by atoms with Gasteiger partial charge in [-0.3, -0.25) is 0 Å². The molecule has 2 nitrogen and oxygen atoms in total. The number of anilines is 3. The van der Waals surface area contributed by atoms with Crippen LogP contribution in [0.5, 0.6) is 11.5 Å². The van der Waals surface area contributed by atoms with Crippen molar-refractivity contribution in [2.45, 2.75) is 0 Å². The van der Waals surface area contributed by atoms with E-state index in [1.54, 1.807) is 0 Å². The fourth-order valence-electron chi connectivity index (χ4n) is 9.82. The Morgan fingerprint density at radius 1 is 0.286 bits per heavy atom. The van der Waals surface area contributed by atoms with Crippen molar-refractivity contribution in [3.05, 3.63) is 243 Å². The molecule has 0 bridgehead atoms. The number of hydrogen-bond acceptors (Lipinski definition) is 2. The maximum Gasteiger partial charge on any atom is 0.241 e. The van der Waals surface area contributed by atoms with Gasteiger partial charge in [0.25, 0.3) is 0 Å². The molecule has 12 rings (SSSR count). The third kappa shape index (κ3) is 6.45. The van der Waals surface area contributed by atoms with E-state index in [-0.39, 0.29) is 6.71 Å². The lowest BCUT2D eigenvalue weighted by molar-refractivity contribution is 0.487. The topological polar surface area (TPSA) is 12.5 Å². The van der Waals surface area contributed by atoms with Crippen molar-refractivity contribution in [1.82, 2.24) is 0 Å². The predicted molar refractivity (Wildman–Crippen MR) is 268 cm³/mol. The Balaban J connectivity index is 0.932. The Kier molecular flexibility index (Phi) is 8.97. The first-order chi connectivity index (χ1) is 31.2. The van der Waals surface area contributed by atoms with Crippen LogP contribution in [0.2, 0.25) is 0 Å². The Bertz CT molecular complexity index is 3370. The smallest absolute Gasteiger partial charge is 0.241 e. The molecule has 1 heterocycles. The van der Waals surface area contributed by atoms with E-state index in [4.69, 9.17) is 4.74 Å². The highest BCUT2D eigenvalue weighted by molar-refractivity contribution is 6.95. The molecule has 1 aliphatic rings. The lowest BCUT2D eigenvalue weighted by Crippen LogP contribution is -2.51. The highest BCUT2D eigenvalue weighted by Crippen LogP contribution is 2.51. The van der Waals surface area contributed by atoms with E-state index in [1.165, 1.54) is 60.0 Å². The Morgan fingerprint density at radius 2 is 0.778 bits per heavy atom. The molecular weight excluding hydrogens is 761 g/mol. The monoisotopic (exact) mass is 801 g/mol. The van der Waals surface area contributed by atoms with E-state index in [1.807, 2.05) is 0 Å². The number of nitrogens with zero attached hydrogens (tertiary/aromatic N) is 1. The molecule has 1 aliphatic heterocycles. The molecule has 11 aromatic rings. The molecule has 3 heteroatoms. The van der Waals surface area contributed by atoms with Crippen LogP contribution < -0.4 is 26.0 Å². The molecule has 0 saturated heterocycles. The van der Waals surface area contributed by atoms with Crippen LogP contribution >= 0.6 is 0 Å². The standard InChI is InChI=1S/C60H40BNO/c1-5-16-44(17-6-1)61(45-18-7-2-8-19-45)46-33-28-42(29-34-46)54-39-56-53-26-15-27-58-60(53)57(40-55(56)51-25-14-13-24-50(51)54)52-37-32-43(38-59(52)63-58)41-30-35-49(36-31-41)62(47-20-9-3-10-21-47)48-22-11-4-12-23-48/h1-40H. The zero-order valence-corrected chi connectivity index (χ0v) is 34.5. The number of rotatable bonds is 8. The lowest BCUT2D eigenvalue weighted by Gasteiger charge is -2.26. The number of ether oxygens (including phenoxy) is 1. The number of benzene rings is 11. The summed E-state index contributed by atoms with van der Waals surface area (Å²) in [4.78, 5) is 2.29. The number of hydrogen-bond donors (Lipinski definition) is 0. The summed E-state index contributed by atoms with van der Waals surface area (Å²) in [7, 11) is 0. The normalized spacial score (nSPS) is 11.6. The van der Waals surface area contributed by atoms with Gasteiger partial charge in [0, 0.05) is 28.0 Å².